The van der Waals surface area contributed by atoms with Gasteiger partial charge in [-0.15, -0.1) is 10.2 Å². The molecule has 0 fully saturated rings. The van der Waals surface area contributed by atoms with E-state index in [2.05, 4.69) is 26.4 Å². The van der Waals surface area contributed by atoms with E-state index >= 15 is 0 Å². The highest BCUT2D eigenvalue weighted by molar-refractivity contribution is 7.98. The largest absolute Gasteiger partial charge is 0.338 e. The number of rotatable bonds is 6. The Kier molecular flexibility index (Phi) is 5.09. The van der Waals surface area contributed by atoms with Crippen molar-refractivity contribution in [2.45, 2.75) is 24.8 Å². The monoisotopic (exact) mass is 408 g/mol. The number of benzene rings is 2. The molecule has 2 aromatic carbocycles. The Morgan fingerprint density at radius 2 is 1.97 bits per heavy atom. The van der Waals surface area contributed by atoms with Crippen LogP contribution < -0.4 is 0 Å². The zero-order valence-corrected chi connectivity index (χ0v) is 16.5. The van der Waals surface area contributed by atoms with Gasteiger partial charge in [-0.3, -0.25) is 14.7 Å². The standard InChI is InChI=1S/C19H16N6O3S/c1-12-5-3-7-15(9-12)24-13(2)21-22-19(24)29-11-17-20-18(23-28-17)14-6-4-8-16(10-14)25(26)27/h3-10H,11H2,1-2H3. The number of nitro groups is 1. The molecule has 0 aliphatic rings. The molecule has 0 atom stereocenters. The molecule has 0 radical (unpaired) electrons. The van der Waals surface area contributed by atoms with E-state index in [1.165, 1.54) is 23.9 Å². The topological polar surface area (TPSA) is 113 Å². The van der Waals surface area contributed by atoms with Crippen LogP contribution >= 0.6 is 11.8 Å². The first-order valence-electron chi connectivity index (χ1n) is 8.70. The molecule has 0 saturated heterocycles. The van der Waals surface area contributed by atoms with Crippen LogP contribution in [0.2, 0.25) is 0 Å². The molecule has 4 rings (SSSR count). The molecule has 0 spiro atoms. The van der Waals surface area contributed by atoms with Crippen LogP contribution in [0.25, 0.3) is 17.1 Å². The minimum atomic E-state index is -0.458. The van der Waals surface area contributed by atoms with Gasteiger partial charge in [0, 0.05) is 23.4 Å². The number of aryl methyl sites for hydroxylation is 2. The molecule has 0 N–H and O–H groups in total. The van der Waals surface area contributed by atoms with Gasteiger partial charge in [0.25, 0.3) is 5.69 Å². The highest BCUT2D eigenvalue weighted by Gasteiger charge is 2.16. The summed E-state index contributed by atoms with van der Waals surface area (Å²) >= 11 is 1.42. The van der Waals surface area contributed by atoms with E-state index in [1.807, 2.05) is 36.6 Å². The highest BCUT2D eigenvalue weighted by atomic mass is 32.2. The first-order chi connectivity index (χ1) is 14.0. The van der Waals surface area contributed by atoms with Crippen molar-refractivity contribution in [1.29, 1.82) is 0 Å². The molecular weight excluding hydrogens is 392 g/mol. The molecule has 29 heavy (non-hydrogen) atoms. The van der Waals surface area contributed by atoms with Crippen molar-refractivity contribution in [2.75, 3.05) is 0 Å². The van der Waals surface area contributed by atoms with E-state index in [0.717, 1.165) is 17.1 Å². The minimum Gasteiger partial charge on any atom is -0.338 e. The Morgan fingerprint density at radius 1 is 1.14 bits per heavy atom. The third-order valence-electron chi connectivity index (χ3n) is 4.16. The summed E-state index contributed by atoms with van der Waals surface area (Å²) < 4.78 is 7.27. The van der Waals surface area contributed by atoms with Gasteiger partial charge in [-0.05, 0) is 31.5 Å². The van der Waals surface area contributed by atoms with Gasteiger partial charge in [0.15, 0.2) is 5.16 Å². The summed E-state index contributed by atoms with van der Waals surface area (Å²) in [6.07, 6.45) is 0. The molecule has 9 nitrogen and oxygen atoms in total. The van der Waals surface area contributed by atoms with Crippen molar-refractivity contribution in [3.8, 4) is 17.1 Å². The molecule has 0 amide bonds. The molecule has 146 valence electrons. The van der Waals surface area contributed by atoms with E-state index in [1.54, 1.807) is 12.1 Å². The van der Waals surface area contributed by atoms with Crippen LogP contribution in [0.4, 0.5) is 5.69 Å². The second-order valence-electron chi connectivity index (χ2n) is 6.31. The van der Waals surface area contributed by atoms with Gasteiger partial charge in [-0.1, -0.05) is 41.2 Å². The molecule has 0 bridgehead atoms. The fourth-order valence-electron chi connectivity index (χ4n) is 2.82. The van der Waals surface area contributed by atoms with Gasteiger partial charge in [0.05, 0.1) is 10.7 Å². The Balaban J connectivity index is 1.53. The van der Waals surface area contributed by atoms with Gasteiger partial charge < -0.3 is 4.52 Å². The normalized spacial score (nSPS) is 11.0. The van der Waals surface area contributed by atoms with Gasteiger partial charge >= 0.3 is 0 Å². The number of hydrogen-bond acceptors (Lipinski definition) is 8. The highest BCUT2D eigenvalue weighted by Crippen LogP contribution is 2.27. The van der Waals surface area contributed by atoms with E-state index in [9.17, 15) is 10.1 Å². The second kappa shape index (κ2) is 7.84. The van der Waals surface area contributed by atoms with Crippen LogP contribution in [0, 0.1) is 24.0 Å². The number of aromatic nitrogens is 5. The maximum Gasteiger partial charge on any atom is 0.270 e. The second-order valence-corrected chi connectivity index (χ2v) is 7.25. The summed E-state index contributed by atoms with van der Waals surface area (Å²) in [6.45, 7) is 3.93. The average Bonchev–Trinajstić information content (AvgIpc) is 3.33. The molecule has 10 heteroatoms. The summed E-state index contributed by atoms with van der Waals surface area (Å²) in [4.78, 5) is 14.8. The van der Waals surface area contributed by atoms with Gasteiger partial charge in [0.1, 0.15) is 5.82 Å². The predicted octanol–water partition coefficient (Wildman–Crippen LogP) is 4.13. The lowest BCUT2D eigenvalue weighted by atomic mass is 10.2. The van der Waals surface area contributed by atoms with Gasteiger partial charge in [-0.25, -0.2) is 0 Å². The number of thioether (sulfide) groups is 1. The van der Waals surface area contributed by atoms with Crippen LogP contribution in [0.5, 0.6) is 0 Å². The Hall–Kier alpha value is -3.53. The molecule has 0 aliphatic heterocycles. The predicted molar refractivity (Wildman–Crippen MR) is 107 cm³/mol. The number of hydrogen-bond donors (Lipinski definition) is 0. The maximum absolute atomic E-state index is 10.9. The van der Waals surface area contributed by atoms with Crippen molar-refractivity contribution in [3.63, 3.8) is 0 Å². The maximum atomic E-state index is 10.9. The fraction of sp³-hybridized carbons (Fsp3) is 0.158. The van der Waals surface area contributed by atoms with Gasteiger partial charge in [0.2, 0.25) is 11.7 Å². The fourth-order valence-corrected chi connectivity index (χ4v) is 3.65. The van der Waals surface area contributed by atoms with Crippen LogP contribution in [-0.4, -0.2) is 29.8 Å². The van der Waals surface area contributed by atoms with Crippen LogP contribution in [-0.2, 0) is 5.75 Å². The van der Waals surface area contributed by atoms with Crippen molar-refractivity contribution < 1.29 is 9.45 Å². The zero-order valence-electron chi connectivity index (χ0n) is 15.6. The molecule has 2 aromatic heterocycles. The van der Waals surface area contributed by atoms with Crippen molar-refractivity contribution in [2.24, 2.45) is 0 Å². The van der Waals surface area contributed by atoms with E-state index < -0.39 is 4.92 Å². The summed E-state index contributed by atoms with van der Waals surface area (Å²) in [6, 6.07) is 14.2. The number of non-ortho nitro benzene ring substituents is 1. The Bertz CT molecular complexity index is 1190. The van der Waals surface area contributed by atoms with E-state index in [-0.39, 0.29) is 5.69 Å². The molecule has 2 heterocycles. The van der Waals surface area contributed by atoms with Crippen molar-refractivity contribution in [3.05, 3.63) is 75.9 Å². The van der Waals surface area contributed by atoms with Crippen molar-refractivity contribution in [1.82, 2.24) is 24.9 Å². The minimum absolute atomic E-state index is 0.0232. The number of nitro benzene ring substituents is 1. The van der Waals surface area contributed by atoms with Crippen molar-refractivity contribution >= 4 is 17.4 Å². The van der Waals surface area contributed by atoms with Gasteiger partial charge in [-0.2, -0.15) is 4.98 Å². The zero-order chi connectivity index (χ0) is 20.4. The third kappa shape index (κ3) is 4.02. The van der Waals surface area contributed by atoms with E-state index in [0.29, 0.717) is 28.2 Å². The van der Waals surface area contributed by atoms with Crippen LogP contribution in [0.1, 0.15) is 17.3 Å². The quantitative estimate of drug-likeness (QED) is 0.266. The molecule has 4 aromatic rings. The molecule has 0 saturated carbocycles. The van der Waals surface area contributed by atoms with Crippen LogP contribution in [0.3, 0.4) is 0 Å². The summed E-state index contributed by atoms with van der Waals surface area (Å²) in [5, 5.41) is 24.0. The molecule has 0 aliphatic carbocycles. The lowest BCUT2D eigenvalue weighted by molar-refractivity contribution is -0.384. The summed E-state index contributed by atoms with van der Waals surface area (Å²) in [7, 11) is 0. The lowest BCUT2D eigenvalue weighted by Gasteiger charge is -2.08. The number of nitrogens with zero attached hydrogens (tertiary/aromatic N) is 6. The Morgan fingerprint density at radius 3 is 2.76 bits per heavy atom. The third-order valence-corrected chi connectivity index (χ3v) is 5.08. The first kappa shape index (κ1) is 18.8. The van der Waals surface area contributed by atoms with Crippen LogP contribution in [0.15, 0.2) is 58.2 Å². The van der Waals surface area contributed by atoms with E-state index in [4.69, 9.17) is 4.52 Å². The lowest BCUT2D eigenvalue weighted by Crippen LogP contribution is -1.99. The smallest absolute Gasteiger partial charge is 0.270 e. The Labute approximate surface area is 169 Å². The average molecular weight is 408 g/mol. The summed E-state index contributed by atoms with van der Waals surface area (Å²) in [5.41, 5.74) is 2.63. The SMILES string of the molecule is Cc1cccc(-n2c(C)nnc2SCc2nc(-c3cccc([N+](=O)[O-])c3)no2)c1. The molecular formula is C19H16N6O3S. The molecule has 0 unspecified atom stereocenters. The first-order valence-corrected chi connectivity index (χ1v) is 9.69. The summed E-state index contributed by atoms with van der Waals surface area (Å²) in [5.74, 6) is 1.88.